The highest BCUT2D eigenvalue weighted by Gasteiger charge is 2.31. The number of piperidine rings is 1. The second kappa shape index (κ2) is 8.88. The van der Waals surface area contributed by atoms with Crippen LogP contribution in [0, 0.1) is 0 Å². The Hall–Kier alpha value is -2.86. The summed E-state index contributed by atoms with van der Waals surface area (Å²) in [6.45, 7) is 2.40. The molecule has 6 heteroatoms. The van der Waals surface area contributed by atoms with Crippen LogP contribution in [0.4, 0.5) is 4.79 Å². The predicted octanol–water partition coefficient (Wildman–Crippen LogP) is 3.81. The number of carboxylic acid groups (broad SMARTS) is 1. The zero-order chi connectivity index (χ0) is 21.1. The van der Waals surface area contributed by atoms with E-state index in [1.54, 1.807) is 11.9 Å². The number of likely N-dealkylation sites (N-methyl/N-ethyl adjacent to an activating group) is 1. The van der Waals surface area contributed by atoms with E-state index in [2.05, 4.69) is 29.2 Å². The van der Waals surface area contributed by atoms with Gasteiger partial charge in [-0.2, -0.15) is 0 Å². The van der Waals surface area contributed by atoms with Gasteiger partial charge < -0.3 is 19.6 Å². The number of likely N-dealkylation sites (tertiary alicyclic amines) is 1. The lowest BCUT2D eigenvalue weighted by Crippen LogP contribution is -2.49. The van der Waals surface area contributed by atoms with Crippen molar-refractivity contribution in [2.75, 3.05) is 33.3 Å². The summed E-state index contributed by atoms with van der Waals surface area (Å²) in [7, 11) is 1.78. The van der Waals surface area contributed by atoms with Crippen LogP contribution in [0.1, 0.15) is 36.3 Å². The molecule has 0 aromatic heterocycles. The number of nitrogens with zero attached hydrogens (tertiary/aromatic N) is 2. The average molecular weight is 408 g/mol. The Morgan fingerprint density at radius 1 is 1.10 bits per heavy atom. The predicted molar refractivity (Wildman–Crippen MR) is 115 cm³/mol. The van der Waals surface area contributed by atoms with Crippen molar-refractivity contribution in [3.05, 3.63) is 59.7 Å². The van der Waals surface area contributed by atoms with Crippen LogP contribution in [0.15, 0.2) is 48.5 Å². The van der Waals surface area contributed by atoms with Crippen molar-refractivity contribution in [3.63, 3.8) is 0 Å². The first-order valence-electron chi connectivity index (χ1n) is 10.6. The van der Waals surface area contributed by atoms with Crippen LogP contribution < -0.4 is 0 Å². The van der Waals surface area contributed by atoms with Crippen molar-refractivity contribution in [1.29, 1.82) is 0 Å². The minimum Gasteiger partial charge on any atom is -0.481 e. The summed E-state index contributed by atoms with van der Waals surface area (Å²) < 4.78 is 5.76. The molecule has 0 radical (unpaired) electrons. The summed E-state index contributed by atoms with van der Waals surface area (Å²) in [5.41, 5.74) is 4.83. The van der Waals surface area contributed by atoms with Crippen LogP contribution in [0.5, 0.6) is 0 Å². The van der Waals surface area contributed by atoms with E-state index < -0.39 is 5.97 Å². The van der Waals surface area contributed by atoms with Gasteiger partial charge in [0.15, 0.2) is 0 Å². The number of rotatable bonds is 6. The van der Waals surface area contributed by atoms with E-state index in [0.29, 0.717) is 19.7 Å². The molecule has 2 aromatic rings. The standard InChI is InChI=1S/C24H28N2O4/c1-25(17-7-6-13-26(15-17)14-12-23(27)28)24(29)30-16-22-20-10-4-2-8-18(20)19-9-3-5-11-21(19)22/h2-5,8-11,17,22H,6-7,12-16H2,1H3,(H,27,28). The van der Waals surface area contributed by atoms with E-state index in [-0.39, 0.29) is 24.5 Å². The van der Waals surface area contributed by atoms with Crippen molar-refractivity contribution in [2.24, 2.45) is 0 Å². The number of carboxylic acids is 1. The largest absolute Gasteiger partial charge is 0.481 e. The number of hydrogen-bond acceptors (Lipinski definition) is 4. The molecule has 1 amide bonds. The van der Waals surface area contributed by atoms with Crippen LogP contribution >= 0.6 is 0 Å². The minimum absolute atomic E-state index is 0.0446. The summed E-state index contributed by atoms with van der Waals surface area (Å²) in [5, 5.41) is 8.91. The van der Waals surface area contributed by atoms with Crippen LogP contribution in [-0.2, 0) is 9.53 Å². The Labute approximate surface area is 177 Å². The average Bonchev–Trinajstić information content (AvgIpc) is 3.09. The minimum atomic E-state index is -0.790. The normalized spacial score (nSPS) is 18.5. The van der Waals surface area contributed by atoms with E-state index in [0.717, 1.165) is 19.4 Å². The van der Waals surface area contributed by atoms with Crippen molar-refractivity contribution < 1.29 is 19.4 Å². The molecule has 2 aromatic carbocycles. The molecule has 0 saturated carbocycles. The third-order valence-corrected chi connectivity index (χ3v) is 6.29. The molecule has 1 atom stereocenters. The second-order valence-electron chi connectivity index (χ2n) is 8.16. The van der Waals surface area contributed by atoms with Crippen LogP contribution in [0.2, 0.25) is 0 Å². The summed E-state index contributed by atoms with van der Waals surface area (Å²) in [6.07, 6.45) is 1.67. The molecule has 0 bridgehead atoms. The highest BCUT2D eigenvalue weighted by atomic mass is 16.6. The van der Waals surface area contributed by atoms with Crippen molar-refractivity contribution in [2.45, 2.75) is 31.2 Å². The fourth-order valence-corrected chi connectivity index (χ4v) is 4.65. The van der Waals surface area contributed by atoms with E-state index in [9.17, 15) is 9.59 Å². The van der Waals surface area contributed by atoms with Gasteiger partial charge in [0.25, 0.3) is 0 Å². The van der Waals surface area contributed by atoms with Gasteiger partial charge in [-0.3, -0.25) is 4.79 Å². The van der Waals surface area contributed by atoms with Gasteiger partial charge in [-0.1, -0.05) is 48.5 Å². The van der Waals surface area contributed by atoms with Gasteiger partial charge in [0.2, 0.25) is 0 Å². The maximum Gasteiger partial charge on any atom is 0.409 e. The number of ether oxygens (including phenoxy) is 1. The van der Waals surface area contributed by atoms with E-state index >= 15 is 0 Å². The highest BCUT2D eigenvalue weighted by molar-refractivity contribution is 5.79. The Bertz CT molecular complexity index is 883. The van der Waals surface area contributed by atoms with Crippen molar-refractivity contribution in [3.8, 4) is 11.1 Å². The second-order valence-corrected chi connectivity index (χ2v) is 8.16. The van der Waals surface area contributed by atoms with Gasteiger partial charge in [0.1, 0.15) is 6.61 Å². The van der Waals surface area contributed by atoms with Gasteiger partial charge in [-0.25, -0.2) is 4.79 Å². The zero-order valence-electron chi connectivity index (χ0n) is 17.3. The van der Waals surface area contributed by atoms with Crippen LogP contribution in [0.25, 0.3) is 11.1 Å². The summed E-state index contributed by atoms with van der Waals surface area (Å²) in [6, 6.07) is 16.6. The monoisotopic (exact) mass is 408 g/mol. The molecular formula is C24H28N2O4. The van der Waals surface area contributed by atoms with E-state index in [1.807, 2.05) is 24.3 Å². The third-order valence-electron chi connectivity index (χ3n) is 6.29. The highest BCUT2D eigenvalue weighted by Crippen LogP contribution is 2.44. The Balaban J connectivity index is 1.38. The Kier molecular flexibility index (Phi) is 6.04. The van der Waals surface area contributed by atoms with Crippen molar-refractivity contribution in [1.82, 2.24) is 9.80 Å². The molecule has 1 aliphatic carbocycles. The topological polar surface area (TPSA) is 70.1 Å². The molecule has 6 nitrogen and oxygen atoms in total. The first kappa shape index (κ1) is 20.4. The number of benzene rings is 2. The molecular weight excluding hydrogens is 380 g/mol. The smallest absolute Gasteiger partial charge is 0.409 e. The molecule has 2 aliphatic rings. The lowest BCUT2D eigenvalue weighted by Gasteiger charge is -2.37. The number of aliphatic carboxylic acids is 1. The van der Waals surface area contributed by atoms with Gasteiger partial charge in [-0.15, -0.1) is 0 Å². The third kappa shape index (κ3) is 4.19. The van der Waals surface area contributed by atoms with Gasteiger partial charge >= 0.3 is 12.1 Å². The summed E-state index contributed by atoms with van der Waals surface area (Å²) in [5.74, 6) is -0.741. The van der Waals surface area contributed by atoms with Crippen molar-refractivity contribution >= 4 is 12.1 Å². The lowest BCUT2D eigenvalue weighted by atomic mass is 9.98. The summed E-state index contributed by atoms with van der Waals surface area (Å²) in [4.78, 5) is 27.4. The molecule has 158 valence electrons. The maximum atomic E-state index is 12.8. The quantitative estimate of drug-likeness (QED) is 0.787. The van der Waals surface area contributed by atoms with Crippen LogP contribution in [0.3, 0.4) is 0 Å². The van der Waals surface area contributed by atoms with E-state index in [4.69, 9.17) is 9.84 Å². The molecule has 4 rings (SSSR count). The Morgan fingerprint density at radius 3 is 2.37 bits per heavy atom. The molecule has 0 spiro atoms. The van der Waals surface area contributed by atoms with Gasteiger partial charge in [-0.05, 0) is 41.6 Å². The molecule has 1 fully saturated rings. The number of carbonyl (C=O) groups excluding carboxylic acids is 1. The molecule has 1 saturated heterocycles. The number of fused-ring (bicyclic) bond motifs is 3. The van der Waals surface area contributed by atoms with Gasteiger partial charge in [0, 0.05) is 32.1 Å². The fourth-order valence-electron chi connectivity index (χ4n) is 4.65. The molecule has 30 heavy (non-hydrogen) atoms. The number of carbonyl (C=O) groups is 2. The molecule has 1 aliphatic heterocycles. The number of amides is 1. The molecule has 1 heterocycles. The lowest BCUT2D eigenvalue weighted by molar-refractivity contribution is -0.137. The first-order valence-corrected chi connectivity index (χ1v) is 10.6. The first-order chi connectivity index (χ1) is 14.5. The molecule has 1 N–H and O–H groups in total. The van der Waals surface area contributed by atoms with E-state index in [1.165, 1.54) is 22.3 Å². The van der Waals surface area contributed by atoms with Gasteiger partial charge in [0.05, 0.1) is 6.42 Å². The number of hydrogen-bond donors (Lipinski definition) is 1. The Morgan fingerprint density at radius 2 is 1.73 bits per heavy atom. The maximum absolute atomic E-state index is 12.8. The SMILES string of the molecule is CN(C(=O)OCC1c2ccccc2-c2ccccc21)C1CCCN(CCC(=O)O)C1. The summed E-state index contributed by atoms with van der Waals surface area (Å²) >= 11 is 0. The zero-order valence-corrected chi connectivity index (χ0v) is 17.3. The molecule has 1 unspecified atom stereocenters. The van der Waals surface area contributed by atoms with Crippen LogP contribution in [-0.4, -0.2) is 66.3 Å². The fraction of sp³-hybridized carbons (Fsp3) is 0.417.